The van der Waals surface area contributed by atoms with E-state index in [9.17, 15) is 9.59 Å². The van der Waals surface area contributed by atoms with Crippen molar-refractivity contribution in [3.05, 3.63) is 95.6 Å². The van der Waals surface area contributed by atoms with E-state index in [-0.39, 0.29) is 36.3 Å². The number of carbonyl (C=O) groups is 2. The molecule has 6 nitrogen and oxygen atoms in total. The van der Waals surface area contributed by atoms with E-state index in [2.05, 4.69) is 26.1 Å². The van der Waals surface area contributed by atoms with Crippen LogP contribution in [-0.4, -0.2) is 43.0 Å². The van der Waals surface area contributed by atoms with Gasteiger partial charge in [0.2, 0.25) is 5.91 Å². The Morgan fingerprint density at radius 3 is 2.23 bits per heavy atom. The lowest BCUT2D eigenvalue weighted by Gasteiger charge is -2.32. The van der Waals surface area contributed by atoms with Gasteiger partial charge >= 0.3 is 0 Å². The smallest absolute Gasteiger partial charge is 0.261 e. The monoisotopic (exact) mass is 530 g/mol. The molecular formula is C33H42N2O4. The standard InChI is InChI=1S/C33H42N2O4/c1-24(2)21-34-32(37)29(20-25-13-8-7-9-14-25)35(22-26-15-12-16-27(19-26)38-6)31(36)23-39-30-18-11-10-17-28(30)33(3,4)5/h7-19,24,29H,20-23H2,1-6H3,(H,34,37)/t29-/m0/s1. The van der Waals surface area contributed by atoms with Gasteiger partial charge in [-0.2, -0.15) is 0 Å². The van der Waals surface area contributed by atoms with Gasteiger partial charge < -0.3 is 19.7 Å². The minimum Gasteiger partial charge on any atom is -0.497 e. The van der Waals surface area contributed by atoms with Crippen LogP contribution in [0.15, 0.2) is 78.9 Å². The van der Waals surface area contributed by atoms with Crippen LogP contribution in [0.5, 0.6) is 11.5 Å². The van der Waals surface area contributed by atoms with E-state index in [0.717, 1.165) is 16.7 Å². The maximum atomic E-state index is 13.9. The Labute approximate surface area is 233 Å². The number of nitrogens with zero attached hydrogens (tertiary/aromatic N) is 1. The number of methoxy groups -OCH3 is 1. The maximum Gasteiger partial charge on any atom is 0.261 e. The molecular weight excluding hydrogens is 488 g/mol. The first kappa shape index (κ1) is 29.8. The Morgan fingerprint density at radius 1 is 0.897 bits per heavy atom. The van der Waals surface area contributed by atoms with Gasteiger partial charge in [0, 0.05) is 19.5 Å². The quantitative estimate of drug-likeness (QED) is 0.322. The lowest BCUT2D eigenvalue weighted by molar-refractivity contribution is -0.142. The number of amides is 2. The molecule has 0 aliphatic carbocycles. The molecule has 0 saturated heterocycles. The van der Waals surface area contributed by atoms with Crippen molar-refractivity contribution in [1.29, 1.82) is 0 Å². The molecule has 6 heteroatoms. The first-order chi connectivity index (χ1) is 18.6. The highest BCUT2D eigenvalue weighted by Crippen LogP contribution is 2.31. The fourth-order valence-corrected chi connectivity index (χ4v) is 4.38. The van der Waals surface area contributed by atoms with E-state index in [1.807, 2.05) is 92.7 Å². The zero-order valence-electron chi connectivity index (χ0n) is 24.1. The molecule has 0 aliphatic rings. The summed E-state index contributed by atoms with van der Waals surface area (Å²) in [6.45, 7) is 11.0. The molecule has 0 saturated carbocycles. The van der Waals surface area contributed by atoms with Gasteiger partial charge in [-0.05, 0) is 46.2 Å². The van der Waals surface area contributed by atoms with E-state index in [1.54, 1.807) is 12.0 Å². The first-order valence-corrected chi connectivity index (χ1v) is 13.5. The topological polar surface area (TPSA) is 67.9 Å². The third-order valence-electron chi connectivity index (χ3n) is 6.49. The van der Waals surface area contributed by atoms with E-state index in [0.29, 0.717) is 24.5 Å². The number of benzene rings is 3. The highest BCUT2D eigenvalue weighted by atomic mass is 16.5. The number of hydrogen-bond donors (Lipinski definition) is 1. The molecule has 0 spiro atoms. The summed E-state index contributed by atoms with van der Waals surface area (Å²) in [6.07, 6.45) is 0.388. The van der Waals surface area contributed by atoms with Crippen molar-refractivity contribution in [2.75, 3.05) is 20.3 Å². The molecule has 3 aromatic carbocycles. The highest BCUT2D eigenvalue weighted by Gasteiger charge is 2.31. The second-order valence-electron chi connectivity index (χ2n) is 11.3. The highest BCUT2D eigenvalue weighted by molar-refractivity contribution is 5.88. The number of nitrogens with one attached hydrogen (secondary N) is 1. The van der Waals surface area contributed by atoms with Gasteiger partial charge in [0.1, 0.15) is 17.5 Å². The molecule has 0 unspecified atom stereocenters. The lowest BCUT2D eigenvalue weighted by atomic mass is 9.86. The van der Waals surface area contributed by atoms with E-state index in [4.69, 9.17) is 9.47 Å². The Bertz CT molecular complexity index is 1220. The van der Waals surface area contributed by atoms with Crippen LogP contribution in [0.4, 0.5) is 0 Å². The van der Waals surface area contributed by atoms with E-state index < -0.39 is 6.04 Å². The largest absolute Gasteiger partial charge is 0.497 e. The van der Waals surface area contributed by atoms with Gasteiger partial charge in [-0.3, -0.25) is 9.59 Å². The number of ether oxygens (including phenoxy) is 2. The van der Waals surface area contributed by atoms with Crippen LogP contribution < -0.4 is 14.8 Å². The number of rotatable bonds is 12. The fraction of sp³-hybridized carbons (Fsp3) is 0.394. The van der Waals surface area contributed by atoms with Crippen LogP contribution in [0.3, 0.4) is 0 Å². The average Bonchev–Trinajstić information content (AvgIpc) is 2.92. The molecule has 3 rings (SSSR count). The molecule has 0 radical (unpaired) electrons. The third-order valence-corrected chi connectivity index (χ3v) is 6.49. The van der Waals surface area contributed by atoms with E-state index in [1.165, 1.54) is 0 Å². The van der Waals surface area contributed by atoms with Crippen molar-refractivity contribution in [3.63, 3.8) is 0 Å². The summed E-state index contributed by atoms with van der Waals surface area (Å²) in [6, 6.07) is 24.4. The Morgan fingerprint density at radius 2 is 1.56 bits per heavy atom. The molecule has 0 aliphatic heterocycles. The molecule has 1 atom stereocenters. The normalized spacial score (nSPS) is 12.1. The Hall–Kier alpha value is -3.80. The summed E-state index contributed by atoms with van der Waals surface area (Å²) in [7, 11) is 1.61. The minimum atomic E-state index is -0.716. The molecule has 1 N–H and O–H groups in total. The summed E-state index contributed by atoms with van der Waals surface area (Å²) in [4.78, 5) is 29.1. The second-order valence-corrected chi connectivity index (χ2v) is 11.3. The summed E-state index contributed by atoms with van der Waals surface area (Å²) in [5, 5.41) is 3.05. The fourth-order valence-electron chi connectivity index (χ4n) is 4.38. The van der Waals surface area contributed by atoms with Crippen LogP contribution in [0, 0.1) is 5.92 Å². The molecule has 2 amide bonds. The molecule has 3 aromatic rings. The van der Waals surface area contributed by atoms with Gasteiger partial charge in [0.05, 0.1) is 7.11 Å². The van der Waals surface area contributed by atoms with Gasteiger partial charge in [-0.25, -0.2) is 0 Å². The Balaban J connectivity index is 1.95. The van der Waals surface area contributed by atoms with E-state index >= 15 is 0 Å². The zero-order chi connectivity index (χ0) is 28.4. The Kier molecular flexibility index (Phi) is 10.6. The van der Waals surface area contributed by atoms with Crippen LogP contribution in [-0.2, 0) is 28.0 Å². The predicted octanol–water partition coefficient (Wildman–Crippen LogP) is 5.78. The van der Waals surface area contributed by atoms with Crippen molar-refractivity contribution >= 4 is 11.8 Å². The van der Waals surface area contributed by atoms with Crippen LogP contribution in [0.25, 0.3) is 0 Å². The molecule has 208 valence electrons. The van der Waals surface area contributed by atoms with Gasteiger partial charge in [-0.15, -0.1) is 0 Å². The lowest BCUT2D eigenvalue weighted by Crippen LogP contribution is -2.52. The SMILES string of the molecule is COc1cccc(CN(C(=O)COc2ccccc2C(C)(C)C)[C@@H](Cc2ccccc2)C(=O)NCC(C)C)c1. The third kappa shape index (κ3) is 8.88. The number of carbonyl (C=O) groups excluding carboxylic acids is 2. The van der Waals surface area contributed by atoms with Gasteiger partial charge in [0.15, 0.2) is 6.61 Å². The molecule has 0 heterocycles. The number of para-hydroxylation sites is 1. The zero-order valence-corrected chi connectivity index (χ0v) is 24.1. The van der Waals surface area contributed by atoms with Crippen molar-refractivity contribution in [2.45, 2.75) is 59.0 Å². The second kappa shape index (κ2) is 13.8. The summed E-state index contributed by atoms with van der Waals surface area (Å²) >= 11 is 0. The van der Waals surface area contributed by atoms with Gasteiger partial charge in [0.25, 0.3) is 5.91 Å². The summed E-state index contributed by atoms with van der Waals surface area (Å²) < 4.78 is 11.5. The summed E-state index contributed by atoms with van der Waals surface area (Å²) in [5.41, 5.74) is 2.72. The van der Waals surface area contributed by atoms with Crippen molar-refractivity contribution in [3.8, 4) is 11.5 Å². The van der Waals surface area contributed by atoms with Crippen LogP contribution in [0.2, 0.25) is 0 Å². The molecule has 0 bridgehead atoms. The molecule has 39 heavy (non-hydrogen) atoms. The van der Waals surface area contributed by atoms with Crippen LogP contribution >= 0.6 is 0 Å². The van der Waals surface area contributed by atoms with Crippen molar-refractivity contribution < 1.29 is 19.1 Å². The molecule has 0 aromatic heterocycles. The average molecular weight is 531 g/mol. The van der Waals surface area contributed by atoms with Crippen molar-refractivity contribution in [2.24, 2.45) is 5.92 Å². The minimum absolute atomic E-state index is 0.146. The van der Waals surface area contributed by atoms with Gasteiger partial charge in [-0.1, -0.05) is 95.3 Å². The molecule has 0 fully saturated rings. The predicted molar refractivity (Wildman–Crippen MR) is 156 cm³/mol. The number of hydrogen-bond acceptors (Lipinski definition) is 4. The van der Waals surface area contributed by atoms with Crippen LogP contribution in [0.1, 0.15) is 51.3 Å². The van der Waals surface area contributed by atoms with Crippen molar-refractivity contribution in [1.82, 2.24) is 10.2 Å². The summed E-state index contributed by atoms with van der Waals surface area (Å²) in [5.74, 6) is 1.20. The first-order valence-electron chi connectivity index (χ1n) is 13.5. The maximum absolute atomic E-state index is 13.9.